The summed E-state index contributed by atoms with van der Waals surface area (Å²) in [6.45, 7) is -0.420. The highest BCUT2D eigenvalue weighted by molar-refractivity contribution is 6.01. The van der Waals surface area contributed by atoms with E-state index >= 15 is 0 Å². The molecule has 124 valence electrons. The molecule has 0 aliphatic carbocycles. The monoisotopic (exact) mass is 328 g/mol. The van der Waals surface area contributed by atoms with Crippen LogP contribution in [-0.4, -0.2) is 38.9 Å². The van der Waals surface area contributed by atoms with E-state index in [1.54, 1.807) is 18.2 Å². The zero-order valence-electron chi connectivity index (χ0n) is 13.3. The molecule has 24 heavy (non-hydrogen) atoms. The maximum atomic E-state index is 12.2. The van der Waals surface area contributed by atoms with Gasteiger partial charge in [-0.2, -0.15) is 0 Å². The fourth-order valence-electron chi connectivity index (χ4n) is 2.02. The lowest BCUT2D eigenvalue weighted by Crippen LogP contribution is -2.15. The number of rotatable bonds is 7. The molecule has 0 aromatic heterocycles. The zero-order chi connectivity index (χ0) is 17.5. The van der Waals surface area contributed by atoms with Crippen LogP contribution < -0.4 is 9.47 Å². The number of Topliss-reactive ketones (excluding diaryl/α,β-unsaturated/α-hetero) is 1. The average Bonchev–Trinajstić information content (AvgIpc) is 2.65. The second-order valence-corrected chi connectivity index (χ2v) is 4.81. The molecular formula is C18H16O6. The second kappa shape index (κ2) is 7.92. The summed E-state index contributed by atoms with van der Waals surface area (Å²) >= 11 is 0. The summed E-state index contributed by atoms with van der Waals surface area (Å²) in [5, 5.41) is 0. The summed E-state index contributed by atoms with van der Waals surface area (Å²) in [6, 6.07) is 10.7. The SMILES string of the molecule is COc1ccc(C(=O)COC(=O)c2ccc(C=O)cc2)c(OC)c1. The average molecular weight is 328 g/mol. The van der Waals surface area contributed by atoms with E-state index in [2.05, 4.69) is 0 Å². The molecule has 2 aromatic rings. The van der Waals surface area contributed by atoms with Gasteiger partial charge in [-0.3, -0.25) is 9.59 Å². The van der Waals surface area contributed by atoms with E-state index in [1.807, 2.05) is 0 Å². The van der Waals surface area contributed by atoms with Crippen LogP contribution in [-0.2, 0) is 4.74 Å². The topological polar surface area (TPSA) is 78.9 Å². The van der Waals surface area contributed by atoms with Crippen molar-refractivity contribution in [3.63, 3.8) is 0 Å². The predicted molar refractivity (Wildman–Crippen MR) is 86.0 cm³/mol. The highest BCUT2D eigenvalue weighted by atomic mass is 16.5. The van der Waals surface area contributed by atoms with Crippen molar-refractivity contribution in [2.45, 2.75) is 0 Å². The number of aldehydes is 1. The molecule has 2 aromatic carbocycles. The van der Waals surface area contributed by atoms with Crippen molar-refractivity contribution in [3.8, 4) is 11.5 Å². The summed E-state index contributed by atoms with van der Waals surface area (Å²) in [4.78, 5) is 34.7. The third-order valence-corrected chi connectivity index (χ3v) is 3.33. The minimum absolute atomic E-state index is 0.259. The van der Waals surface area contributed by atoms with Crippen LogP contribution in [0.5, 0.6) is 11.5 Å². The van der Waals surface area contributed by atoms with Gasteiger partial charge < -0.3 is 14.2 Å². The first-order valence-corrected chi connectivity index (χ1v) is 7.06. The van der Waals surface area contributed by atoms with Gasteiger partial charge >= 0.3 is 5.97 Å². The van der Waals surface area contributed by atoms with Gasteiger partial charge in [-0.25, -0.2) is 4.79 Å². The quantitative estimate of drug-likeness (QED) is 0.441. The molecule has 0 amide bonds. The Bertz CT molecular complexity index is 749. The zero-order valence-corrected chi connectivity index (χ0v) is 13.3. The van der Waals surface area contributed by atoms with E-state index < -0.39 is 18.4 Å². The first-order chi connectivity index (χ1) is 11.6. The maximum Gasteiger partial charge on any atom is 0.338 e. The van der Waals surface area contributed by atoms with Gasteiger partial charge in [0.1, 0.15) is 17.8 Å². The number of carbonyl (C=O) groups excluding carboxylic acids is 3. The molecule has 0 fully saturated rings. The van der Waals surface area contributed by atoms with Gasteiger partial charge in [-0.1, -0.05) is 12.1 Å². The van der Waals surface area contributed by atoms with Gasteiger partial charge in [0.15, 0.2) is 6.61 Å². The first-order valence-electron chi connectivity index (χ1n) is 7.06. The van der Waals surface area contributed by atoms with Crippen LogP contribution in [0.15, 0.2) is 42.5 Å². The van der Waals surface area contributed by atoms with Crippen molar-refractivity contribution < 1.29 is 28.6 Å². The number of hydrogen-bond acceptors (Lipinski definition) is 6. The Kier molecular flexibility index (Phi) is 5.68. The molecular weight excluding hydrogens is 312 g/mol. The van der Waals surface area contributed by atoms with Crippen LogP contribution in [0.2, 0.25) is 0 Å². The summed E-state index contributed by atoms with van der Waals surface area (Å²) < 4.78 is 15.2. The molecule has 0 N–H and O–H groups in total. The molecule has 0 aliphatic rings. The van der Waals surface area contributed by atoms with Gasteiger partial charge in [0, 0.05) is 11.6 Å². The second-order valence-electron chi connectivity index (χ2n) is 4.81. The first kappa shape index (κ1) is 17.2. The molecule has 0 saturated carbocycles. The molecule has 0 saturated heterocycles. The summed E-state index contributed by atoms with van der Waals surface area (Å²) in [7, 11) is 2.94. The van der Waals surface area contributed by atoms with Crippen LogP contribution in [0.3, 0.4) is 0 Å². The number of esters is 1. The summed E-state index contributed by atoms with van der Waals surface area (Å²) in [5.74, 6) is -0.151. The number of ether oxygens (including phenoxy) is 3. The molecule has 6 nitrogen and oxygen atoms in total. The number of hydrogen-bond donors (Lipinski definition) is 0. The lowest BCUT2D eigenvalue weighted by molar-refractivity contribution is 0.0474. The van der Waals surface area contributed by atoms with E-state index in [9.17, 15) is 14.4 Å². The largest absolute Gasteiger partial charge is 0.497 e. The van der Waals surface area contributed by atoms with Gasteiger partial charge in [0.2, 0.25) is 5.78 Å². The minimum atomic E-state index is -0.645. The molecule has 0 aliphatic heterocycles. The van der Waals surface area contributed by atoms with Crippen LogP contribution in [0.25, 0.3) is 0 Å². The molecule has 6 heteroatoms. The predicted octanol–water partition coefficient (Wildman–Crippen LogP) is 2.56. The lowest BCUT2D eigenvalue weighted by atomic mass is 10.1. The number of carbonyl (C=O) groups is 3. The van der Waals surface area contributed by atoms with Gasteiger partial charge in [-0.05, 0) is 24.3 Å². The highest BCUT2D eigenvalue weighted by Crippen LogP contribution is 2.25. The van der Waals surface area contributed by atoms with Gasteiger partial charge in [-0.15, -0.1) is 0 Å². The highest BCUT2D eigenvalue weighted by Gasteiger charge is 2.16. The van der Waals surface area contributed by atoms with Crippen LogP contribution in [0, 0.1) is 0 Å². The number of benzene rings is 2. The molecule has 0 spiro atoms. The minimum Gasteiger partial charge on any atom is -0.497 e. The van der Waals surface area contributed by atoms with E-state index in [0.29, 0.717) is 28.9 Å². The van der Waals surface area contributed by atoms with Crippen molar-refractivity contribution >= 4 is 18.0 Å². The third kappa shape index (κ3) is 3.98. The fraction of sp³-hybridized carbons (Fsp3) is 0.167. The standard InChI is InChI=1S/C18H16O6/c1-22-14-7-8-15(17(9-14)23-2)16(20)11-24-18(21)13-5-3-12(10-19)4-6-13/h3-10H,11H2,1-2H3. The Morgan fingerprint density at radius 3 is 2.29 bits per heavy atom. The van der Waals surface area contributed by atoms with Crippen molar-refractivity contribution in [2.24, 2.45) is 0 Å². The van der Waals surface area contributed by atoms with Crippen LogP contribution in [0.1, 0.15) is 31.1 Å². The summed E-state index contributed by atoms with van der Waals surface area (Å²) in [5.41, 5.74) is 1.00. The van der Waals surface area contributed by atoms with E-state index in [0.717, 1.165) is 0 Å². The molecule has 0 atom stereocenters. The third-order valence-electron chi connectivity index (χ3n) is 3.33. The van der Waals surface area contributed by atoms with Crippen LogP contribution >= 0.6 is 0 Å². The van der Waals surface area contributed by atoms with Gasteiger partial charge in [0.05, 0.1) is 25.3 Å². The fourth-order valence-corrected chi connectivity index (χ4v) is 2.02. The smallest absolute Gasteiger partial charge is 0.338 e. The van der Waals surface area contributed by atoms with Crippen LogP contribution in [0.4, 0.5) is 0 Å². The molecule has 0 heterocycles. The van der Waals surface area contributed by atoms with Crippen molar-refractivity contribution in [1.29, 1.82) is 0 Å². The van der Waals surface area contributed by atoms with E-state index in [4.69, 9.17) is 14.2 Å². The Hall–Kier alpha value is -3.15. The Labute approximate surface area is 139 Å². The molecule has 0 radical (unpaired) electrons. The normalized spacial score (nSPS) is 9.92. The lowest BCUT2D eigenvalue weighted by Gasteiger charge is -2.10. The van der Waals surface area contributed by atoms with E-state index in [1.165, 1.54) is 38.5 Å². The van der Waals surface area contributed by atoms with E-state index in [-0.39, 0.29) is 5.56 Å². The Morgan fingerprint density at radius 1 is 1.00 bits per heavy atom. The molecule has 2 rings (SSSR count). The summed E-state index contributed by atoms with van der Waals surface area (Å²) in [6.07, 6.45) is 0.675. The Morgan fingerprint density at radius 2 is 1.71 bits per heavy atom. The molecule has 0 unspecified atom stereocenters. The van der Waals surface area contributed by atoms with Gasteiger partial charge in [0.25, 0.3) is 0 Å². The van der Waals surface area contributed by atoms with Crippen molar-refractivity contribution in [3.05, 3.63) is 59.2 Å². The van der Waals surface area contributed by atoms with Crippen molar-refractivity contribution in [2.75, 3.05) is 20.8 Å². The van der Waals surface area contributed by atoms with Crippen molar-refractivity contribution in [1.82, 2.24) is 0 Å². The Balaban J connectivity index is 2.04. The maximum absolute atomic E-state index is 12.2. The molecule has 0 bridgehead atoms. The number of ketones is 1. The number of methoxy groups -OCH3 is 2.